The van der Waals surface area contributed by atoms with Crippen molar-refractivity contribution in [1.82, 2.24) is 15.2 Å². The fraction of sp³-hybridized carbons (Fsp3) is 0.435. The fourth-order valence-corrected chi connectivity index (χ4v) is 4.76. The Hall–Kier alpha value is -2.88. The maximum absolute atomic E-state index is 14.2. The van der Waals surface area contributed by atoms with Crippen LogP contribution in [0.5, 0.6) is 0 Å². The van der Waals surface area contributed by atoms with Crippen molar-refractivity contribution in [3.8, 4) is 0 Å². The van der Waals surface area contributed by atoms with Gasteiger partial charge in [0.15, 0.2) is 6.04 Å². The summed E-state index contributed by atoms with van der Waals surface area (Å²) in [6, 6.07) is 3.61. The van der Waals surface area contributed by atoms with Gasteiger partial charge in [-0.3, -0.25) is 9.59 Å². The Bertz CT molecular complexity index is 1080. The lowest BCUT2D eigenvalue weighted by Gasteiger charge is -2.34. The molecule has 1 aromatic heterocycles. The molecule has 6 nitrogen and oxygen atoms in total. The molecule has 1 saturated heterocycles. The first-order chi connectivity index (χ1) is 16.0. The molecule has 2 heterocycles. The number of hydrogen-bond donors (Lipinski definition) is 2. The Kier molecular flexibility index (Phi) is 6.71. The number of hydrogen-bond acceptors (Lipinski definition) is 4. The second-order valence-electron chi connectivity index (χ2n) is 8.66. The zero-order chi connectivity index (χ0) is 24.6. The number of nitrogens with zero attached hydrogens (tertiary/aromatic N) is 2. The summed E-state index contributed by atoms with van der Waals surface area (Å²) in [7, 11) is 1.11. The first kappa shape index (κ1) is 24.3. The summed E-state index contributed by atoms with van der Waals surface area (Å²) in [6.45, 7) is 0.0171. The van der Waals surface area contributed by atoms with Crippen molar-refractivity contribution >= 4 is 29.2 Å². The van der Waals surface area contributed by atoms with Crippen LogP contribution in [-0.4, -0.2) is 47.5 Å². The first-order valence-corrected chi connectivity index (χ1v) is 11.2. The van der Waals surface area contributed by atoms with E-state index in [0.717, 1.165) is 18.8 Å². The van der Waals surface area contributed by atoms with E-state index < -0.39 is 29.9 Å². The number of fused-ring (bicyclic) bond motifs is 1. The maximum Gasteiger partial charge on any atom is 0.413 e. The molecule has 1 aliphatic heterocycles. The van der Waals surface area contributed by atoms with E-state index in [1.54, 1.807) is 6.07 Å². The van der Waals surface area contributed by atoms with Gasteiger partial charge in [-0.25, -0.2) is 9.37 Å². The van der Waals surface area contributed by atoms with E-state index >= 15 is 0 Å². The standard InChI is InChI=1S/C23H23ClF4N4O2/c1-32(22(34)14-4-7-19(33)30-11-14)21(23(26,27)28)13-3-6-18(29-10-13)31-15-8-12-2-5-17(24)20(25)16(12)9-15/h2-3,5-6,10,14-15,21H,4,7-9,11H2,1H3,(H,29,31)(H,30,33)/t14-,15?,21-/m0/s1. The van der Waals surface area contributed by atoms with E-state index in [4.69, 9.17) is 11.6 Å². The van der Waals surface area contributed by atoms with Gasteiger partial charge in [-0.2, -0.15) is 13.2 Å². The van der Waals surface area contributed by atoms with Crippen LogP contribution in [0.4, 0.5) is 23.4 Å². The normalized spacial score (nSPS) is 20.9. The lowest BCUT2D eigenvalue weighted by molar-refractivity contribution is -0.190. The molecule has 0 bridgehead atoms. The molecule has 1 aliphatic carbocycles. The van der Waals surface area contributed by atoms with Crippen molar-refractivity contribution in [2.75, 3.05) is 18.9 Å². The number of rotatable bonds is 5. The molecule has 34 heavy (non-hydrogen) atoms. The lowest BCUT2D eigenvalue weighted by atomic mass is 9.96. The van der Waals surface area contributed by atoms with Gasteiger partial charge in [-0.1, -0.05) is 23.7 Å². The Morgan fingerprint density at radius 3 is 2.65 bits per heavy atom. The van der Waals surface area contributed by atoms with Crippen LogP contribution in [0.3, 0.4) is 0 Å². The highest BCUT2D eigenvalue weighted by atomic mass is 35.5. The molecule has 0 saturated carbocycles. The Labute approximate surface area is 198 Å². The summed E-state index contributed by atoms with van der Waals surface area (Å²) in [6.07, 6.45) is -2.41. The monoisotopic (exact) mass is 498 g/mol. The average Bonchev–Trinajstić information content (AvgIpc) is 3.20. The van der Waals surface area contributed by atoms with Crippen LogP contribution in [0.15, 0.2) is 30.5 Å². The molecule has 4 rings (SSSR count). The van der Waals surface area contributed by atoms with E-state index in [0.29, 0.717) is 29.1 Å². The van der Waals surface area contributed by atoms with Crippen LogP contribution in [0.1, 0.15) is 35.6 Å². The number of anilines is 1. The van der Waals surface area contributed by atoms with Crippen LogP contribution >= 0.6 is 11.6 Å². The molecule has 0 spiro atoms. The van der Waals surface area contributed by atoms with Gasteiger partial charge in [0.25, 0.3) is 0 Å². The molecule has 3 atom stereocenters. The molecule has 1 unspecified atom stereocenters. The van der Waals surface area contributed by atoms with Gasteiger partial charge >= 0.3 is 6.18 Å². The highest BCUT2D eigenvalue weighted by molar-refractivity contribution is 6.30. The van der Waals surface area contributed by atoms with Crippen LogP contribution in [-0.2, 0) is 22.4 Å². The zero-order valence-electron chi connectivity index (χ0n) is 18.3. The first-order valence-electron chi connectivity index (χ1n) is 10.8. The fourth-order valence-electron chi connectivity index (χ4n) is 4.58. The van der Waals surface area contributed by atoms with E-state index in [-0.39, 0.29) is 41.9 Å². The minimum atomic E-state index is -4.72. The third-order valence-corrected chi connectivity index (χ3v) is 6.62. The van der Waals surface area contributed by atoms with Gasteiger partial charge in [0.05, 0.1) is 10.9 Å². The van der Waals surface area contributed by atoms with E-state index in [2.05, 4.69) is 15.6 Å². The molecule has 1 aromatic carbocycles. The van der Waals surface area contributed by atoms with Crippen LogP contribution in [0, 0.1) is 11.7 Å². The molecule has 0 radical (unpaired) electrons. The number of piperidine rings is 1. The summed E-state index contributed by atoms with van der Waals surface area (Å²) >= 11 is 5.84. The number of aromatic nitrogens is 1. The predicted molar refractivity (Wildman–Crippen MR) is 118 cm³/mol. The third kappa shape index (κ3) is 4.96. The van der Waals surface area contributed by atoms with Crippen LogP contribution in [0.2, 0.25) is 5.02 Å². The van der Waals surface area contributed by atoms with Gasteiger partial charge in [-0.15, -0.1) is 0 Å². The number of pyridine rings is 1. The Morgan fingerprint density at radius 1 is 1.26 bits per heavy atom. The van der Waals surface area contributed by atoms with Gasteiger partial charge in [0.1, 0.15) is 11.6 Å². The number of carbonyl (C=O) groups is 2. The minimum absolute atomic E-state index is 0.0171. The molecule has 1 fully saturated rings. The maximum atomic E-state index is 14.2. The van der Waals surface area contributed by atoms with Crippen molar-refractivity contribution < 1.29 is 27.2 Å². The summed E-state index contributed by atoms with van der Waals surface area (Å²) in [5.41, 5.74) is 1.17. The molecule has 2 N–H and O–H groups in total. The highest BCUT2D eigenvalue weighted by Crippen LogP contribution is 2.38. The van der Waals surface area contributed by atoms with Gasteiger partial charge in [0.2, 0.25) is 11.8 Å². The zero-order valence-corrected chi connectivity index (χ0v) is 19.0. The molecule has 2 amide bonds. The smallest absolute Gasteiger partial charge is 0.367 e. The molecular weight excluding hydrogens is 476 g/mol. The molecule has 2 aromatic rings. The van der Waals surface area contributed by atoms with Crippen molar-refractivity contribution in [3.05, 3.63) is 58.0 Å². The van der Waals surface area contributed by atoms with E-state index in [1.807, 2.05) is 0 Å². The largest absolute Gasteiger partial charge is 0.413 e. The van der Waals surface area contributed by atoms with E-state index in [9.17, 15) is 27.2 Å². The number of nitrogens with one attached hydrogen (secondary N) is 2. The number of alkyl halides is 3. The SMILES string of the molecule is CN(C(=O)[C@H]1CCC(=O)NC1)[C@@H](c1ccc(NC2Cc3ccc(Cl)c(F)c3C2)nc1)C(F)(F)F. The van der Waals surface area contributed by atoms with Crippen LogP contribution < -0.4 is 10.6 Å². The topological polar surface area (TPSA) is 74.3 Å². The average molecular weight is 499 g/mol. The number of halogens is 5. The van der Waals surface area contributed by atoms with Crippen molar-refractivity contribution in [2.24, 2.45) is 5.92 Å². The van der Waals surface area contributed by atoms with E-state index in [1.165, 1.54) is 18.2 Å². The number of benzene rings is 1. The number of amides is 2. The second kappa shape index (κ2) is 9.40. The summed E-state index contributed by atoms with van der Waals surface area (Å²) in [4.78, 5) is 28.8. The van der Waals surface area contributed by atoms with Crippen LogP contribution in [0.25, 0.3) is 0 Å². The van der Waals surface area contributed by atoms with Crippen molar-refractivity contribution in [3.63, 3.8) is 0 Å². The summed E-state index contributed by atoms with van der Waals surface area (Å²) in [5, 5.41) is 5.70. The molecule has 182 valence electrons. The molecular formula is C23H23ClF4N4O2. The van der Waals surface area contributed by atoms with Crippen molar-refractivity contribution in [1.29, 1.82) is 0 Å². The molecule has 2 aliphatic rings. The van der Waals surface area contributed by atoms with Gasteiger partial charge in [-0.05, 0) is 42.5 Å². The van der Waals surface area contributed by atoms with Gasteiger partial charge in [0, 0.05) is 37.8 Å². The minimum Gasteiger partial charge on any atom is -0.367 e. The highest BCUT2D eigenvalue weighted by Gasteiger charge is 2.46. The number of carbonyl (C=O) groups excluding carboxylic acids is 2. The Morgan fingerprint density at radius 2 is 2.03 bits per heavy atom. The predicted octanol–water partition coefficient (Wildman–Crippen LogP) is 4.04. The third-order valence-electron chi connectivity index (χ3n) is 6.32. The van der Waals surface area contributed by atoms with Gasteiger partial charge < -0.3 is 15.5 Å². The molecule has 11 heteroatoms. The summed E-state index contributed by atoms with van der Waals surface area (Å²) in [5.74, 6) is -1.72. The van der Waals surface area contributed by atoms with Crippen molar-refractivity contribution in [2.45, 2.75) is 43.9 Å². The lowest BCUT2D eigenvalue weighted by Crippen LogP contribution is -2.47. The summed E-state index contributed by atoms with van der Waals surface area (Å²) < 4.78 is 56.1. The Balaban J connectivity index is 1.46. The second-order valence-corrected chi connectivity index (χ2v) is 9.07. The quantitative estimate of drug-likeness (QED) is 0.610.